The molecule has 0 aliphatic carbocycles. The summed E-state index contributed by atoms with van der Waals surface area (Å²) in [7, 11) is 0. The van der Waals surface area contributed by atoms with Crippen molar-refractivity contribution in [3.8, 4) is 0 Å². The first-order valence-electron chi connectivity index (χ1n) is 3.13. The number of carbonyl (C=O) groups is 1. The van der Waals surface area contributed by atoms with Gasteiger partial charge in [-0.15, -0.1) is 0 Å². The summed E-state index contributed by atoms with van der Waals surface area (Å²) >= 11 is 4.05. The number of nitrogens with two attached hydrogens (primary N) is 1. The maximum absolute atomic E-state index is 10.3. The van der Waals surface area contributed by atoms with Crippen LogP contribution in [-0.2, 0) is 4.79 Å². The maximum Gasteiger partial charge on any atom is 0.321 e. The molecule has 0 saturated carbocycles. The average molecular weight is 163 g/mol. The molecule has 0 unspecified atom stereocenters. The van der Waals surface area contributed by atoms with Crippen LogP contribution in [-0.4, -0.2) is 22.4 Å². The molecular formula is C6H13NO2S. The van der Waals surface area contributed by atoms with Crippen LogP contribution in [0.5, 0.6) is 0 Å². The van der Waals surface area contributed by atoms with Crippen molar-refractivity contribution < 1.29 is 9.90 Å². The number of carboxylic acid groups (broad SMARTS) is 1. The Labute approximate surface area is 66.0 Å². The van der Waals surface area contributed by atoms with Crippen LogP contribution in [0.15, 0.2) is 0 Å². The second-order valence-electron chi connectivity index (χ2n) is 2.60. The van der Waals surface area contributed by atoms with Gasteiger partial charge in [-0.25, -0.2) is 0 Å². The molecule has 0 heterocycles. The average Bonchev–Trinajstić information content (AvgIpc) is 1.84. The highest BCUT2D eigenvalue weighted by Crippen LogP contribution is 2.11. The van der Waals surface area contributed by atoms with Gasteiger partial charge in [0.2, 0.25) is 0 Å². The Balaban J connectivity index is 3.94. The topological polar surface area (TPSA) is 63.3 Å². The molecule has 0 aromatic carbocycles. The molecule has 0 bridgehead atoms. The molecule has 0 aliphatic heterocycles. The number of thiol groups is 1. The van der Waals surface area contributed by atoms with E-state index in [2.05, 4.69) is 12.6 Å². The summed E-state index contributed by atoms with van der Waals surface area (Å²) in [6.07, 6.45) is 0. The lowest BCUT2D eigenvalue weighted by atomic mass is 10.0. The SMILES string of the molecule is CC(C)[C@@H](S)[C@H](N)C(=O)O. The molecular weight excluding hydrogens is 150 g/mol. The Morgan fingerprint density at radius 2 is 2.00 bits per heavy atom. The molecule has 3 N–H and O–H groups in total. The van der Waals surface area contributed by atoms with Crippen molar-refractivity contribution in [1.29, 1.82) is 0 Å². The van der Waals surface area contributed by atoms with Gasteiger partial charge in [0.1, 0.15) is 6.04 Å². The maximum atomic E-state index is 10.3. The molecule has 60 valence electrons. The van der Waals surface area contributed by atoms with Crippen molar-refractivity contribution in [2.75, 3.05) is 0 Å². The standard InChI is InChI=1S/C6H13NO2S/c1-3(2)5(10)4(7)6(8)9/h3-5,10H,7H2,1-2H3,(H,8,9)/t4-,5+/m0/s1. The van der Waals surface area contributed by atoms with Crippen molar-refractivity contribution >= 4 is 18.6 Å². The van der Waals surface area contributed by atoms with Gasteiger partial charge in [0.05, 0.1) is 0 Å². The molecule has 10 heavy (non-hydrogen) atoms. The highest BCUT2D eigenvalue weighted by molar-refractivity contribution is 7.81. The fraction of sp³-hybridized carbons (Fsp3) is 0.833. The second kappa shape index (κ2) is 3.83. The van der Waals surface area contributed by atoms with Crippen molar-refractivity contribution in [2.45, 2.75) is 25.1 Å². The Morgan fingerprint density at radius 1 is 1.60 bits per heavy atom. The number of hydrogen-bond acceptors (Lipinski definition) is 3. The number of hydrogen-bond donors (Lipinski definition) is 3. The third-order valence-corrected chi connectivity index (χ3v) is 2.25. The van der Waals surface area contributed by atoms with Crippen LogP contribution in [0.1, 0.15) is 13.8 Å². The molecule has 4 heteroatoms. The molecule has 0 rings (SSSR count). The predicted molar refractivity (Wildman–Crippen MR) is 43.2 cm³/mol. The van der Waals surface area contributed by atoms with E-state index in [4.69, 9.17) is 10.8 Å². The zero-order valence-corrected chi connectivity index (χ0v) is 7.01. The third-order valence-electron chi connectivity index (χ3n) is 1.34. The first-order chi connectivity index (χ1) is 4.46. The molecule has 0 aliphatic rings. The summed E-state index contributed by atoms with van der Waals surface area (Å²) in [6, 6.07) is -0.858. The third kappa shape index (κ3) is 2.58. The van der Waals surface area contributed by atoms with Gasteiger partial charge in [0.15, 0.2) is 0 Å². The van der Waals surface area contributed by atoms with E-state index in [9.17, 15) is 4.79 Å². The molecule has 3 nitrogen and oxygen atoms in total. The van der Waals surface area contributed by atoms with E-state index in [1.165, 1.54) is 0 Å². The minimum Gasteiger partial charge on any atom is -0.480 e. The molecule has 0 aromatic rings. The summed E-state index contributed by atoms with van der Waals surface area (Å²) in [6.45, 7) is 3.78. The highest BCUT2D eigenvalue weighted by Gasteiger charge is 2.22. The molecule has 0 amide bonds. The quantitative estimate of drug-likeness (QED) is 0.526. The van der Waals surface area contributed by atoms with Crippen LogP contribution in [0.3, 0.4) is 0 Å². The van der Waals surface area contributed by atoms with Gasteiger partial charge >= 0.3 is 5.97 Å². The summed E-state index contributed by atoms with van der Waals surface area (Å²) in [5.41, 5.74) is 5.28. The fourth-order valence-corrected chi connectivity index (χ4v) is 0.688. The smallest absolute Gasteiger partial charge is 0.321 e. The molecule has 0 spiro atoms. The van der Waals surface area contributed by atoms with Gasteiger partial charge in [-0.3, -0.25) is 4.79 Å². The van der Waals surface area contributed by atoms with Crippen molar-refractivity contribution in [1.82, 2.24) is 0 Å². The summed E-state index contributed by atoms with van der Waals surface area (Å²) in [4.78, 5) is 10.3. The Morgan fingerprint density at radius 3 is 2.10 bits per heavy atom. The van der Waals surface area contributed by atoms with Gasteiger partial charge in [-0.05, 0) is 5.92 Å². The first-order valence-corrected chi connectivity index (χ1v) is 3.65. The van der Waals surface area contributed by atoms with Gasteiger partial charge in [-0.2, -0.15) is 12.6 Å². The highest BCUT2D eigenvalue weighted by atomic mass is 32.1. The van der Waals surface area contributed by atoms with Crippen LogP contribution >= 0.6 is 12.6 Å². The normalized spacial score (nSPS) is 16.9. The summed E-state index contributed by atoms with van der Waals surface area (Å²) < 4.78 is 0. The van der Waals surface area contributed by atoms with Crippen molar-refractivity contribution in [2.24, 2.45) is 11.7 Å². The largest absolute Gasteiger partial charge is 0.480 e. The zero-order valence-electron chi connectivity index (χ0n) is 6.11. The van der Waals surface area contributed by atoms with E-state index in [1.54, 1.807) is 0 Å². The number of aliphatic carboxylic acids is 1. The van der Waals surface area contributed by atoms with E-state index in [1.807, 2.05) is 13.8 Å². The Hall–Kier alpha value is -0.220. The van der Waals surface area contributed by atoms with Gasteiger partial charge < -0.3 is 10.8 Å². The lowest BCUT2D eigenvalue weighted by Gasteiger charge is -2.18. The van der Waals surface area contributed by atoms with Crippen molar-refractivity contribution in [3.05, 3.63) is 0 Å². The van der Waals surface area contributed by atoms with E-state index in [0.29, 0.717) is 0 Å². The van der Waals surface area contributed by atoms with Crippen LogP contribution in [0.25, 0.3) is 0 Å². The Bertz CT molecular complexity index is 127. The molecule has 0 saturated heterocycles. The van der Waals surface area contributed by atoms with E-state index < -0.39 is 12.0 Å². The van der Waals surface area contributed by atoms with E-state index >= 15 is 0 Å². The molecule has 0 fully saturated rings. The van der Waals surface area contributed by atoms with Crippen LogP contribution in [0.2, 0.25) is 0 Å². The van der Waals surface area contributed by atoms with E-state index in [0.717, 1.165) is 0 Å². The first kappa shape index (κ1) is 9.78. The summed E-state index contributed by atoms with van der Waals surface area (Å²) in [5.74, 6) is -0.803. The summed E-state index contributed by atoms with van der Waals surface area (Å²) in [5, 5.41) is 8.16. The fourth-order valence-electron chi connectivity index (χ4n) is 0.561. The minimum atomic E-state index is -0.992. The van der Waals surface area contributed by atoms with Crippen molar-refractivity contribution in [3.63, 3.8) is 0 Å². The minimum absolute atomic E-state index is 0.189. The van der Waals surface area contributed by atoms with Crippen LogP contribution < -0.4 is 5.73 Å². The molecule has 0 radical (unpaired) electrons. The predicted octanol–water partition coefficient (Wildman–Crippen LogP) is 0.353. The van der Waals surface area contributed by atoms with Gasteiger partial charge in [-0.1, -0.05) is 13.8 Å². The van der Waals surface area contributed by atoms with Crippen LogP contribution in [0, 0.1) is 5.92 Å². The number of carboxylic acids is 1. The monoisotopic (exact) mass is 163 g/mol. The van der Waals surface area contributed by atoms with E-state index in [-0.39, 0.29) is 11.2 Å². The Kier molecular flexibility index (Phi) is 3.75. The van der Waals surface area contributed by atoms with Gasteiger partial charge in [0, 0.05) is 5.25 Å². The van der Waals surface area contributed by atoms with Crippen LogP contribution in [0.4, 0.5) is 0 Å². The molecule has 0 aromatic heterocycles. The lowest BCUT2D eigenvalue weighted by Crippen LogP contribution is -2.41. The second-order valence-corrected chi connectivity index (χ2v) is 3.19. The molecule has 2 atom stereocenters. The lowest BCUT2D eigenvalue weighted by molar-refractivity contribution is -0.138. The number of rotatable bonds is 3. The zero-order chi connectivity index (χ0) is 8.31. The van der Waals surface area contributed by atoms with Gasteiger partial charge in [0.25, 0.3) is 0 Å².